The first-order valence-electron chi connectivity index (χ1n) is 7.60. The van der Waals surface area contributed by atoms with Crippen LogP contribution < -0.4 is 10.1 Å². The van der Waals surface area contributed by atoms with E-state index in [0.717, 1.165) is 5.56 Å². The molecule has 0 spiro atoms. The lowest BCUT2D eigenvalue weighted by Gasteiger charge is -2.08. The van der Waals surface area contributed by atoms with Gasteiger partial charge >= 0.3 is 6.61 Å². The normalized spacial score (nSPS) is 10.6. The second kappa shape index (κ2) is 7.93. The molecule has 0 bridgehead atoms. The molecule has 0 aliphatic carbocycles. The number of amides is 1. The number of pyridine rings is 1. The summed E-state index contributed by atoms with van der Waals surface area (Å²) in [6.45, 7) is -2.89. The summed E-state index contributed by atoms with van der Waals surface area (Å²) in [6.07, 6.45) is 1.45. The number of anilines is 1. The number of nitrogens with zero attached hydrogens (tertiary/aromatic N) is 1. The van der Waals surface area contributed by atoms with E-state index in [1.165, 1.54) is 30.5 Å². The minimum Gasteiger partial charge on any atom is -0.435 e. The van der Waals surface area contributed by atoms with E-state index >= 15 is 0 Å². The number of aromatic nitrogens is 1. The van der Waals surface area contributed by atoms with Crippen molar-refractivity contribution in [2.45, 2.75) is 6.61 Å². The highest BCUT2D eigenvalue weighted by molar-refractivity contribution is 6.33. The third-order valence-corrected chi connectivity index (χ3v) is 3.84. The molecule has 1 N–H and O–H groups in total. The van der Waals surface area contributed by atoms with Crippen LogP contribution in [-0.4, -0.2) is 17.5 Å². The average molecular weight is 375 g/mol. The minimum atomic E-state index is -2.89. The van der Waals surface area contributed by atoms with Gasteiger partial charge in [-0.15, -0.1) is 0 Å². The zero-order valence-corrected chi connectivity index (χ0v) is 14.1. The molecule has 4 nitrogen and oxygen atoms in total. The van der Waals surface area contributed by atoms with Crippen LogP contribution in [0.3, 0.4) is 0 Å². The van der Waals surface area contributed by atoms with Crippen LogP contribution in [0.1, 0.15) is 10.4 Å². The second-order valence-electron chi connectivity index (χ2n) is 5.27. The van der Waals surface area contributed by atoms with Crippen molar-refractivity contribution in [1.29, 1.82) is 0 Å². The number of benzene rings is 2. The zero-order valence-electron chi connectivity index (χ0n) is 13.3. The number of nitrogens with one attached hydrogen (secondary N) is 1. The molecule has 0 saturated heterocycles. The number of ether oxygens (including phenoxy) is 1. The molecule has 1 aromatic heterocycles. The Morgan fingerprint density at radius 2 is 1.77 bits per heavy atom. The van der Waals surface area contributed by atoms with E-state index in [1.807, 2.05) is 18.2 Å². The molecule has 2 aromatic carbocycles. The van der Waals surface area contributed by atoms with Crippen LogP contribution in [0.2, 0.25) is 5.02 Å². The van der Waals surface area contributed by atoms with Crippen LogP contribution >= 0.6 is 11.6 Å². The average Bonchev–Trinajstić information content (AvgIpc) is 2.63. The summed E-state index contributed by atoms with van der Waals surface area (Å²) >= 11 is 6.14. The van der Waals surface area contributed by atoms with Crippen LogP contribution in [0, 0.1) is 0 Å². The molecule has 1 amide bonds. The van der Waals surface area contributed by atoms with Gasteiger partial charge in [0.1, 0.15) is 5.75 Å². The zero-order chi connectivity index (χ0) is 18.5. The van der Waals surface area contributed by atoms with Gasteiger partial charge < -0.3 is 10.1 Å². The van der Waals surface area contributed by atoms with Crippen molar-refractivity contribution in [3.05, 3.63) is 77.4 Å². The van der Waals surface area contributed by atoms with Gasteiger partial charge in [0.25, 0.3) is 5.91 Å². The molecule has 3 rings (SSSR count). The molecule has 0 aliphatic heterocycles. The van der Waals surface area contributed by atoms with Gasteiger partial charge in [-0.3, -0.25) is 9.78 Å². The van der Waals surface area contributed by atoms with E-state index in [2.05, 4.69) is 15.0 Å². The summed E-state index contributed by atoms with van der Waals surface area (Å²) in [5, 5.41) is 3.23. The first-order chi connectivity index (χ1) is 12.5. The largest absolute Gasteiger partial charge is 0.435 e. The lowest BCUT2D eigenvalue weighted by atomic mass is 10.1. The molecule has 0 radical (unpaired) electrons. The number of halogens is 3. The lowest BCUT2D eigenvalue weighted by molar-refractivity contribution is -0.0498. The van der Waals surface area contributed by atoms with Gasteiger partial charge in [-0.05, 0) is 42.5 Å². The molecular formula is C19H13ClF2N2O2. The van der Waals surface area contributed by atoms with E-state index in [4.69, 9.17) is 11.6 Å². The van der Waals surface area contributed by atoms with Crippen LogP contribution in [0.15, 0.2) is 66.9 Å². The van der Waals surface area contributed by atoms with Crippen molar-refractivity contribution in [3.8, 4) is 17.0 Å². The molecule has 0 saturated carbocycles. The molecule has 7 heteroatoms. The fraction of sp³-hybridized carbons (Fsp3) is 0.0526. The summed E-state index contributed by atoms with van der Waals surface area (Å²) in [7, 11) is 0. The van der Waals surface area contributed by atoms with Crippen molar-refractivity contribution >= 4 is 23.2 Å². The van der Waals surface area contributed by atoms with Gasteiger partial charge in [0.2, 0.25) is 0 Å². The highest BCUT2D eigenvalue weighted by Gasteiger charge is 2.10. The maximum atomic E-state index is 12.3. The molecule has 26 heavy (non-hydrogen) atoms. The summed E-state index contributed by atoms with van der Waals surface area (Å²) in [5.41, 5.74) is 2.23. The molecule has 132 valence electrons. The number of alkyl halides is 2. The van der Waals surface area contributed by atoms with E-state index in [0.29, 0.717) is 22.0 Å². The van der Waals surface area contributed by atoms with E-state index in [-0.39, 0.29) is 11.7 Å². The van der Waals surface area contributed by atoms with Gasteiger partial charge in [0.15, 0.2) is 0 Å². The number of carbonyl (C=O) groups excluding carboxylic acids is 1. The minimum absolute atomic E-state index is 0.0174. The van der Waals surface area contributed by atoms with Crippen LogP contribution in [-0.2, 0) is 0 Å². The number of hydrogen-bond acceptors (Lipinski definition) is 3. The topological polar surface area (TPSA) is 51.2 Å². The van der Waals surface area contributed by atoms with E-state index in [9.17, 15) is 13.6 Å². The van der Waals surface area contributed by atoms with Crippen molar-refractivity contribution < 1.29 is 18.3 Å². The highest BCUT2D eigenvalue weighted by Crippen LogP contribution is 2.26. The highest BCUT2D eigenvalue weighted by atomic mass is 35.5. The summed E-state index contributed by atoms with van der Waals surface area (Å²) in [5.74, 6) is -0.352. The van der Waals surface area contributed by atoms with Gasteiger partial charge in [-0.1, -0.05) is 29.8 Å². The predicted octanol–water partition coefficient (Wildman–Crippen LogP) is 5.26. The van der Waals surface area contributed by atoms with Gasteiger partial charge in [-0.25, -0.2) is 0 Å². The summed E-state index contributed by atoms with van der Waals surface area (Å²) < 4.78 is 28.5. The Labute approximate surface area is 153 Å². The van der Waals surface area contributed by atoms with Crippen LogP contribution in [0.4, 0.5) is 14.5 Å². The lowest BCUT2D eigenvalue weighted by Crippen LogP contribution is -2.12. The van der Waals surface area contributed by atoms with Crippen molar-refractivity contribution in [1.82, 2.24) is 4.98 Å². The Hall–Kier alpha value is -2.99. The molecular weight excluding hydrogens is 362 g/mol. The van der Waals surface area contributed by atoms with Gasteiger partial charge in [0, 0.05) is 22.5 Å². The molecule has 3 aromatic rings. The van der Waals surface area contributed by atoms with E-state index in [1.54, 1.807) is 18.2 Å². The van der Waals surface area contributed by atoms with Crippen molar-refractivity contribution in [2.75, 3.05) is 5.32 Å². The smallest absolute Gasteiger partial charge is 0.387 e. The Bertz CT molecular complexity index is 900. The third kappa shape index (κ3) is 4.34. The fourth-order valence-corrected chi connectivity index (χ4v) is 2.51. The predicted molar refractivity (Wildman–Crippen MR) is 95.7 cm³/mol. The first-order valence-corrected chi connectivity index (χ1v) is 7.98. The number of carbonyl (C=O) groups is 1. The first kappa shape index (κ1) is 17.8. The number of rotatable bonds is 5. The molecule has 1 heterocycles. The molecule has 0 aliphatic rings. The third-order valence-electron chi connectivity index (χ3n) is 3.51. The number of hydrogen-bond donors (Lipinski definition) is 1. The molecule has 0 atom stereocenters. The standard InChI is InChI=1S/C19H13ClF2N2O2/c20-16-4-2-1-3-15(16)17-10-5-12(11-23-17)18(25)24-13-6-8-14(9-7-13)26-19(21)22/h1-11,19H,(H,24,25). The Morgan fingerprint density at radius 1 is 1.04 bits per heavy atom. The summed E-state index contributed by atoms with van der Waals surface area (Å²) in [4.78, 5) is 16.5. The van der Waals surface area contributed by atoms with Crippen LogP contribution in [0.5, 0.6) is 5.75 Å². The quantitative estimate of drug-likeness (QED) is 0.663. The Balaban J connectivity index is 1.69. The Kier molecular flexibility index (Phi) is 5.43. The molecule has 0 unspecified atom stereocenters. The van der Waals surface area contributed by atoms with Gasteiger partial charge in [-0.2, -0.15) is 8.78 Å². The van der Waals surface area contributed by atoms with Crippen molar-refractivity contribution in [2.24, 2.45) is 0 Å². The van der Waals surface area contributed by atoms with Crippen LogP contribution in [0.25, 0.3) is 11.3 Å². The molecule has 0 fully saturated rings. The SMILES string of the molecule is O=C(Nc1ccc(OC(F)F)cc1)c1ccc(-c2ccccc2Cl)nc1. The van der Waals surface area contributed by atoms with Gasteiger partial charge in [0.05, 0.1) is 11.3 Å². The Morgan fingerprint density at radius 3 is 2.38 bits per heavy atom. The summed E-state index contributed by atoms with van der Waals surface area (Å²) in [6, 6.07) is 16.3. The maximum absolute atomic E-state index is 12.3. The maximum Gasteiger partial charge on any atom is 0.387 e. The second-order valence-corrected chi connectivity index (χ2v) is 5.68. The van der Waals surface area contributed by atoms with Crippen molar-refractivity contribution in [3.63, 3.8) is 0 Å². The van der Waals surface area contributed by atoms with E-state index < -0.39 is 6.61 Å². The monoisotopic (exact) mass is 374 g/mol. The fourth-order valence-electron chi connectivity index (χ4n) is 2.28.